The van der Waals surface area contributed by atoms with E-state index in [0.717, 1.165) is 6.08 Å². The van der Waals surface area contributed by atoms with Crippen LogP contribution in [0.4, 0.5) is 0 Å². The summed E-state index contributed by atoms with van der Waals surface area (Å²) in [5.41, 5.74) is 0.609. The lowest BCUT2D eigenvalue weighted by Gasteiger charge is -2.07. The minimum atomic E-state index is -1.03. The molecule has 0 aliphatic carbocycles. The molecule has 0 amide bonds. The molecule has 0 aliphatic heterocycles. The first kappa shape index (κ1) is 14.4. The molecule has 0 bridgehead atoms. The van der Waals surface area contributed by atoms with Gasteiger partial charge in [0.1, 0.15) is 11.5 Å². The standard InChI is InChI=1S/C15H10Cl2O3/c16-11-3-6-12(7-4-11)20-13-5-1-10(14(17)9-13)2-8-15(18)19/h1-9H,(H,18,19). The summed E-state index contributed by atoms with van der Waals surface area (Å²) < 4.78 is 5.61. The van der Waals surface area contributed by atoms with Gasteiger partial charge in [0.2, 0.25) is 0 Å². The SMILES string of the molecule is O=C(O)C=Cc1ccc(Oc2ccc(Cl)cc2)cc1Cl. The van der Waals surface area contributed by atoms with Gasteiger partial charge in [0.15, 0.2) is 0 Å². The van der Waals surface area contributed by atoms with E-state index >= 15 is 0 Å². The Kier molecular flexibility index (Phi) is 4.66. The number of carboxylic acid groups (broad SMARTS) is 1. The molecule has 1 N–H and O–H groups in total. The Morgan fingerprint density at radius 2 is 1.70 bits per heavy atom. The number of carboxylic acids is 1. The van der Waals surface area contributed by atoms with E-state index in [1.807, 2.05) is 0 Å². The summed E-state index contributed by atoms with van der Waals surface area (Å²) in [5, 5.41) is 9.61. The van der Waals surface area contributed by atoms with Crippen LogP contribution in [-0.2, 0) is 4.79 Å². The minimum absolute atomic E-state index is 0.411. The van der Waals surface area contributed by atoms with E-state index in [1.54, 1.807) is 42.5 Å². The number of ether oxygens (including phenoxy) is 1. The molecule has 2 aromatic carbocycles. The van der Waals surface area contributed by atoms with Crippen molar-refractivity contribution in [2.75, 3.05) is 0 Å². The predicted octanol–water partition coefficient (Wildman–Crippen LogP) is 4.88. The summed E-state index contributed by atoms with van der Waals surface area (Å²) >= 11 is 11.8. The van der Waals surface area contributed by atoms with E-state index in [4.69, 9.17) is 33.0 Å². The Morgan fingerprint density at radius 3 is 2.30 bits per heavy atom. The van der Waals surface area contributed by atoms with Crippen LogP contribution in [0, 0.1) is 0 Å². The van der Waals surface area contributed by atoms with Crippen LogP contribution in [0.2, 0.25) is 10.0 Å². The van der Waals surface area contributed by atoms with Crippen LogP contribution in [0.5, 0.6) is 11.5 Å². The van der Waals surface area contributed by atoms with Crippen LogP contribution >= 0.6 is 23.2 Å². The van der Waals surface area contributed by atoms with E-state index in [2.05, 4.69) is 0 Å². The maximum Gasteiger partial charge on any atom is 0.328 e. The molecule has 0 radical (unpaired) electrons. The highest BCUT2D eigenvalue weighted by atomic mass is 35.5. The van der Waals surface area contributed by atoms with Gasteiger partial charge >= 0.3 is 5.97 Å². The fourth-order valence-corrected chi connectivity index (χ4v) is 1.87. The predicted molar refractivity (Wildman–Crippen MR) is 79.6 cm³/mol. The zero-order valence-electron chi connectivity index (χ0n) is 10.2. The second kappa shape index (κ2) is 6.46. The molecule has 0 aliphatic rings. The van der Waals surface area contributed by atoms with Gasteiger partial charge in [0.05, 0.1) is 5.02 Å². The normalized spacial score (nSPS) is 10.7. The first-order chi connectivity index (χ1) is 9.54. The van der Waals surface area contributed by atoms with Gasteiger partial charge in [-0.25, -0.2) is 4.79 Å². The zero-order valence-corrected chi connectivity index (χ0v) is 11.7. The Morgan fingerprint density at radius 1 is 1.05 bits per heavy atom. The molecule has 0 fully saturated rings. The molecule has 5 heteroatoms. The Labute approximate surface area is 126 Å². The summed E-state index contributed by atoms with van der Waals surface area (Å²) in [6.45, 7) is 0. The second-order valence-electron chi connectivity index (χ2n) is 3.91. The van der Waals surface area contributed by atoms with E-state index < -0.39 is 5.97 Å². The lowest BCUT2D eigenvalue weighted by Crippen LogP contribution is -1.87. The third-order valence-corrected chi connectivity index (χ3v) is 3.01. The van der Waals surface area contributed by atoms with Gasteiger partial charge < -0.3 is 9.84 Å². The Bertz CT molecular complexity index is 649. The van der Waals surface area contributed by atoms with Crippen molar-refractivity contribution >= 4 is 35.2 Å². The molecule has 0 unspecified atom stereocenters. The van der Waals surface area contributed by atoms with Crippen LogP contribution in [0.3, 0.4) is 0 Å². The first-order valence-corrected chi connectivity index (χ1v) is 6.44. The summed E-state index contributed by atoms with van der Waals surface area (Å²) in [6, 6.07) is 12.0. The average Bonchev–Trinajstić information content (AvgIpc) is 2.40. The molecule has 2 aromatic rings. The molecule has 0 atom stereocenters. The van der Waals surface area contributed by atoms with Crippen molar-refractivity contribution in [2.45, 2.75) is 0 Å². The summed E-state index contributed by atoms with van der Waals surface area (Å²) in [7, 11) is 0. The van der Waals surface area contributed by atoms with Crippen molar-refractivity contribution < 1.29 is 14.6 Å². The van der Waals surface area contributed by atoms with Gasteiger partial charge in [-0.1, -0.05) is 23.2 Å². The molecule has 0 spiro atoms. The molecule has 0 saturated carbocycles. The van der Waals surface area contributed by atoms with Crippen LogP contribution < -0.4 is 4.74 Å². The number of hydrogen-bond acceptors (Lipinski definition) is 2. The van der Waals surface area contributed by atoms with Gasteiger partial charge in [-0.15, -0.1) is 0 Å². The van der Waals surface area contributed by atoms with E-state index in [-0.39, 0.29) is 0 Å². The van der Waals surface area contributed by atoms with Crippen molar-refractivity contribution in [1.29, 1.82) is 0 Å². The molecular formula is C15H10Cl2O3. The second-order valence-corrected chi connectivity index (χ2v) is 4.75. The molecule has 3 nitrogen and oxygen atoms in total. The number of aliphatic carboxylic acids is 1. The molecular weight excluding hydrogens is 299 g/mol. The number of hydrogen-bond donors (Lipinski definition) is 1. The van der Waals surface area contributed by atoms with Crippen molar-refractivity contribution in [2.24, 2.45) is 0 Å². The minimum Gasteiger partial charge on any atom is -0.478 e. The fraction of sp³-hybridized carbons (Fsp3) is 0. The largest absolute Gasteiger partial charge is 0.478 e. The van der Waals surface area contributed by atoms with Crippen molar-refractivity contribution in [3.05, 3.63) is 64.1 Å². The quantitative estimate of drug-likeness (QED) is 0.818. The van der Waals surface area contributed by atoms with Gasteiger partial charge in [-0.3, -0.25) is 0 Å². The lowest BCUT2D eigenvalue weighted by molar-refractivity contribution is -0.131. The number of halogens is 2. The Hall–Kier alpha value is -1.97. The average molecular weight is 309 g/mol. The lowest BCUT2D eigenvalue weighted by atomic mass is 10.2. The maximum absolute atomic E-state index is 10.5. The van der Waals surface area contributed by atoms with Crippen molar-refractivity contribution in [1.82, 2.24) is 0 Å². The number of benzene rings is 2. The van der Waals surface area contributed by atoms with Crippen molar-refractivity contribution in [3.8, 4) is 11.5 Å². The van der Waals surface area contributed by atoms with E-state index in [0.29, 0.717) is 27.1 Å². The van der Waals surface area contributed by atoms with Gasteiger partial charge in [0, 0.05) is 11.1 Å². The van der Waals surface area contributed by atoms with E-state index in [9.17, 15) is 4.79 Å². The molecule has 0 aromatic heterocycles. The van der Waals surface area contributed by atoms with Crippen molar-refractivity contribution in [3.63, 3.8) is 0 Å². The zero-order chi connectivity index (χ0) is 14.5. The smallest absolute Gasteiger partial charge is 0.328 e. The molecule has 102 valence electrons. The van der Waals surface area contributed by atoms with E-state index in [1.165, 1.54) is 6.08 Å². The third kappa shape index (κ3) is 4.02. The molecule has 0 saturated heterocycles. The summed E-state index contributed by atoms with van der Waals surface area (Å²) in [4.78, 5) is 10.5. The van der Waals surface area contributed by atoms with Crippen LogP contribution in [0.25, 0.3) is 6.08 Å². The highest BCUT2D eigenvalue weighted by Gasteiger charge is 2.02. The van der Waals surface area contributed by atoms with Crippen LogP contribution in [0.1, 0.15) is 5.56 Å². The van der Waals surface area contributed by atoms with Gasteiger partial charge in [-0.05, 0) is 54.1 Å². The topological polar surface area (TPSA) is 46.5 Å². The molecule has 2 rings (SSSR count). The summed E-state index contributed by atoms with van der Waals surface area (Å²) in [6.07, 6.45) is 2.46. The number of rotatable bonds is 4. The monoisotopic (exact) mass is 308 g/mol. The highest BCUT2D eigenvalue weighted by molar-refractivity contribution is 6.32. The van der Waals surface area contributed by atoms with Crippen LogP contribution in [-0.4, -0.2) is 11.1 Å². The third-order valence-electron chi connectivity index (χ3n) is 2.43. The van der Waals surface area contributed by atoms with Gasteiger partial charge in [-0.2, -0.15) is 0 Å². The molecule has 0 heterocycles. The first-order valence-electron chi connectivity index (χ1n) is 5.68. The van der Waals surface area contributed by atoms with Gasteiger partial charge in [0.25, 0.3) is 0 Å². The molecule has 20 heavy (non-hydrogen) atoms. The summed E-state index contributed by atoms with van der Waals surface area (Å²) in [5.74, 6) is 0.173. The Balaban J connectivity index is 2.16. The van der Waals surface area contributed by atoms with Crippen LogP contribution in [0.15, 0.2) is 48.5 Å². The number of carbonyl (C=O) groups is 1. The highest BCUT2D eigenvalue weighted by Crippen LogP contribution is 2.28. The fourth-order valence-electron chi connectivity index (χ4n) is 1.51. The maximum atomic E-state index is 10.5.